The van der Waals surface area contributed by atoms with Crippen molar-refractivity contribution in [1.82, 2.24) is 5.32 Å². The van der Waals surface area contributed by atoms with Crippen molar-refractivity contribution >= 4 is 17.5 Å². The number of carbonyl (C=O) groups excluding carboxylic acids is 2. The van der Waals surface area contributed by atoms with Gasteiger partial charge >= 0.3 is 0 Å². The standard InChI is InChI=1S/C18H16N2O3/c1-3-13-5-4-6-15(11-13)20-17(21)12-19-18(22)14-7-9-16(23-2)10-8-14/h1,4-11H,12H2,2H3,(H,19,22)(H,20,21). The molecule has 116 valence electrons. The molecule has 0 radical (unpaired) electrons. The fourth-order valence-electron chi connectivity index (χ4n) is 1.90. The van der Waals surface area contributed by atoms with E-state index in [4.69, 9.17) is 11.2 Å². The Labute approximate surface area is 134 Å². The molecule has 0 saturated carbocycles. The third-order valence-corrected chi connectivity index (χ3v) is 3.07. The number of methoxy groups -OCH3 is 1. The van der Waals surface area contributed by atoms with Crippen LogP contribution in [0.15, 0.2) is 48.5 Å². The largest absolute Gasteiger partial charge is 0.497 e. The van der Waals surface area contributed by atoms with Crippen LogP contribution in [0.25, 0.3) is 0 Å². The second-order valence-corrected chi connectivity index (χ2v) is 4.68. The van der Waals surface area contributed by atoms with E-state index in [2.05, 4.69) is 16.6 Å². The molecule has 2 N–H and O–H groups in total. The molecular weight excluding hydrogens is 292 g/mol. The molecule has 23 heavy (non-hydrogen) atoms. The normalized spacial score (nSPS) is 9.57. The van der Waals surface area contributed by atoms with Crippen LogP contribution in [0.4, 0.5) is 5.69 Å². The molecule has 2 rings (SSSR count). The molecule has 2 amide bonds. The van der Waals surface area contributed by atoms with Crippen molar-refractivity contribution in [3.63, 3.8) is 0 Å². The minimum absolute atomic E-state index is 0.134. The Bertz CT molecular complexity index is 746. The summed E-state index contributed by atoms with van der Waals surface area (Å²) in [5.74, 6) is 2.48. The van der Waals surface area contributed by atoms with Gasteiger partial charge in [0.05, 0.1) is 13.7 Å². The van der Waals surface area contributed by atoms with Gasteiger partial charge in [-0.2, -0.15) is 0 Å². The fraction of sp³-hybridized carbons (Fsp3) is 0.111. The Kier molecular flexibility index (Phi) is 5.37. The molecule has 5 nitrogen and oxygen atoms in total. The van der Waals surface area contributed by atoms with E-state index in [1.807, 2.05) is 0 Å². The summed E-state index contributed by atoms with van der Waals surface area (Å²) in [5.41, 5.74) is 1.71. The van der Waals surface area contributed by atoms with E-state index in [-0.39, 0.29) is 18.4 Å². The predicted octanol–water partition coefficient (Wildman–Crippen LogP) is 2.04. The van der Waals surface area contributed by atoms with Crippen molar-refractivity contribution in [2.24, 2.45) is 0 Å². The molecule has 0 aliphatic carbocycles. The van der Waals surface area contributed by atoms with Crippen LogP contribution in [0.1, 0.15) is 15.9 Å². The Hall–Kier alpha value is -3.26. The first-order valence-corrected chi connectivity index (χ1v) is 6.91. The summed E-state index contributed by atoms with van der Waals surface area (Å²) in [6, 6.07) is 13.5. The molecule has 5 heteroatoms. The zero-order valence-corrected chi connectivity index (χ0v) is 12.6. The molecule has 0 unspecified atom stereocenters. The van der Waals surface area contributed by atoms with Crippen molar-refractivity contribution in [3.05, 3.63) is 59.7 Å². The van der Waals surface area contributed by atoms with E-state index in [0.29, 0.717) is 22.6 Å². The maximum Gasteiger partial charge on any atom is 0.251 e. The van der Waals surface area contributed by atoms with Crippen molar-refractivity contribution < 1.29 is 14.3 Å². The van der Waals surface area contributed by atoms with Gasteiger partial charge in [-0.25, -0.2) is 0 Å². The summed E-state index contributed by atoms with van der Waals surface area (Å²) in [7, 11) is 1.55. The SMILES string of the molecule is C#Cc1cccc(NC(=O)CNC(=O)c2ccc(OC)cc2)c1. The summed E-state index contributed by atoms with van der Waals surface area (Å²) < 4.78 is 5.02. The van der Waals surface area contributed by atoms with Crippen LogP contribution in [0.5, 0.6) is 5.75 Å². The zero-order valence-electron chi connectivity index (χ0n) is 12.6. The average molecular weight is 308 g/mol. The number of anilines is 1. The molecular formula is C18H16N2O3. The lowest BCUT2D eigenvalue weighted by Gasteiger charge is -2.08. The van der Waals surface area contributed by atoms with Crippen molar-refractivity contribution in [3.8, 4) is 18.1 Å². The van der Waals surface area contributed by atoms with Crippen molar-refractivity contribution in [2.75, 3.05) is 19.0 Å². The number of carbonyl (C=O) groups is 2. The van der Waals surface area contributed by atoms with Gasteiger partial charge in [-0.3, -0.25) is 9.59 Å². The van der Waals surface area contributed by atoms with Gasteiger partial charge in [-0.15, -0.1) is 6.42 Å². The van der Waals surface area contributed by atoms with E-state index >= 15 is 0 Å². The van der Waals surface area contributed by atoms with E-state index in [1.54, 1.807) is 55.6 Å². The van der Waals surface area contributed by atoms with Crippen LogP contribution in [0, 0.1) is 12.3 Å². The molecule has 0 spiro atoms. The highest BCUT2D eigenvalue weighted by Crippen LogP contribution is 2.11. The van der Waals surface area contributed by atoms with Gasteiger partial charge in [0.2, 0.25) is 5.91 Å². The molecule has 0 bridgehead atoms. The summed E-state index contributed by atoms with van der Waals surface area (Å²) in [6.45, 7) is -0.134. The Morgan fingerprint density at radius 3 is 2.57 bits per heavy atom. The lowest BCUT2D eigenvalue weighted by Crippen LogP contribution is -2.32. The number of terminal acetylenes is 1. The number of rotatable bonds is 5. The van der Waals surface area contributed by atoms with Crippen LogP contribution in [-0.4, -0.2) is 25.5 Å². The van der Waals surface area contributed by atoms with Gasteiger partial charge in [-0.1, -0.05) is 12.0 Å². The van der Waals surface area contributed by atoms with Gasteiger partial charge in [-0.05, 0) is 42.5 Å². The number of ether oxygens (including phenoxy) is 1. The van der Waals surface area contributed by atoms with Gasteiger partial charge in [0.25, 0.3) is 5.91 Å². The first kappa shape index (κ1) is 16.1. The molecule has 2 aromatic rings. The number of benzene rings is 2. The van der Waals surface area contributed by atoms with E-state index in [0.717, 1.165) is 0 Å². The topological polar surface area (TPSA) is 67.4 Å². The first-order valence-electron chi connectivity index (χ1n) is 6.91. The van der Waals surface area contributed by atoms with Crippen LogP contribution in [-0.2, 0) is 4.79 Å². The summed E-state index contributed by atoms with van der Waals surface area (Å²) in [4.78, 5) is 23.8. The van der Waals surface area contributed by atoms with Crippen LogP contribution >= 0.6 is 0 Å². The third kappa shape index (κ3) is 4.61. The average Bonchev–Trinajstić information content (AvgIpc) is 2.60. The first-order chi connectivity index (χ1) is 11.1. The van der Waals surface area contributed by atoms with Gasteiger partial charge < -0.3 is 15.4 Å². The molecule has 0 heterocycles. The summed E-state index contributed by atoms with van der Waals surface area (Å²) in [6.07, 6.45) is 5.30. The van der Waals surface area contributed by atoms with Crippen LogP contribution in [0.2, 0.25) is 0 Å². The number of nitrogens with one attached hydrogen (secondary N) is 2. The highest BCUT2D eigenvalue weighted by Gasteiger charge is 2.08. The van der Waals surface area contributed by atoms with E-state index < -0.39 is 0 Å². The molecule has 0 saturated heterocycles. The molecule has 0 aromatic heterocycles. The van der Waals surface area contributed by atoms with Crippen molar-refractivity contribution in [1.29, 1.82) is 0 Å². The number of amides is 2. The Morgan fingerprint density at radius 2 is 1.91 bits per heavy atom. The molecule has 0 fully saturated rings. The monoisotopic (exact) mass is 308 g/mol. The molecule has 0 atom stereocenters. The molecule has 0 aliphatic rings. The Morgan fingerprint density at radius 1 is 1.17 bits per heavy atom. The van der Waals surface area contributed by atoms with Gasteiger partial charge in [0.15, 0.2) is 0 Å². The maximum absolute atomic E-state index is 11.9. The third-order valence-electron chi connectivity index (χ3n) is 3.07. The minimum atomic E-state index is -0.333. The quantitative estimate of drug-likeness (QED) is 0.831. The van der Waals surface area contributed by atoms with Crippen LogP contribution < -0.4 is 15.4 Å². The summed E-state index contributed by atoms with van der Waals surface area (Å²) >= 11 is 0. The van der Waals surface area contributed by atoms with E-state index in [9.17, 15) is 9.59 Å². The second-order valence-electron chi connectivity index (χ2n) is 4.68. The van der Waals surface area contributed by atoms with Crippen LogP contribution in [0.3, 0.4) is 0 Å². The smallest absolute Gasteiger partial charge is 0.251 e. The molecule has 0 aliphatic heterocycles. The maximum atomic E-state index is 11.9. The van der Waals surface area contributed by atoms with Gasteiger partial charge in [0, 0.05) is 16.8 Å². The predicted molar refractivity (Wildman–Crippen MR) is 88.3 cm³/mol. The number of hydrogen-bond acceptors (Lipinski definition) is 3. The lowest BCUT2D eigenvalue weighted by molar-refractivity contribution is -0.115. The molecule has 2 aromatic carbocycles. The van der Waals surface area contributed by atoms with Crippen molar-refractivity contribution in [2.45, 2.75) is 0 Å². The fourth-order valence-corrected chi connectivity index (χ4v) is 1.90. The Balaban J connectivity index is 1.88. The highest BCUT2D eigenvalue weighted by molar-refractivity contribution is 5.99. The van der Waals surface area contributed by atoms with Gasteiger partial charge in [0.1, 0.15) is 5.75 Å². The highest BCUT2D eigenvalue weighted by atomic mass is 16.5. The summed E-state index contributed by atoms with van der Waals surface area (Å²) in [5, 5.41) is 5.23. The van der Waals surface area contributed by atoms with E-state index in [1.165, 1.54) is 0 Å². The lowest BCUT2D eigenvalue weighted by atomic mass is 10.2. The second kappa shape index (κ2) is 7.66. The zero-order chi connectivity index (χ0) is 16.7. The number of hydrogen-bond donors (Lipinski definition) is 2. The minimum Gasteiger partial charge on any atom is -0.497 e.